The molecule has 11 heteroatoms. The Hall–Kier alpha value is -3.93. The number of piperazine rings is 1. The molecule has 0 radical (unpaired) electrons. The Morgan fingerprint density at radius 2 is 1.84 bits per heavy atom. The summed E-state index contributed by atoms with van der Waals surface area (Å²) in [4.78, 5) is 52.9. The molecule has 1 aromatic carbocycles. The Morgan fingerprint density at radius 1 is 1.05 bits per heavy atom. The van der Waals surface area contributed by atoms with E-state index in [9.17, 15) is 14.4 Å². The van der Waals surface area contributed by atoms with Gasteiger partial charge in [0.05, 0.1) is 31.0 Å². The van der Waals surface area contributed by atoms with Crippen molar-refractivity contribution >= 4 is 23.8 Å². The molecule has 2 saturated heterocycles. The quantitative estimate of drug-likeness (QED) is 0.302. The van der Waals surface area contributed by atoms with Crippen LogP contribution in [0, 0.1) is 12.8 Å². The Labute approximate surface area is 259 Å². The highest BCUT2D eigenvalue weighted by Gasteiger charge is 2.28. The fourth-order valence-electron chi connectivity index (χ4n) is 5.93. The second-order valence-corrected chi connectivity index (χ2v) is 11.7. The predicted octanol–water partition coefficient (Wildman–Crippen LogP) is 3.00. The van der Waals surface area contributed by atoms with Crippen LogP contribution in [0.2, 0.25) is 0 Å². The van der Waals surface area contributed by atoms with Gasteiger partial charge in [-0.15, -0.1) is 0 Å². The summed E-state index contributed by atoms with van der Waals surface area (Å²) in [5.74, 6) is 0.656. The van der Waals surface area contributed by atoms with Crippen LogP contribution in [-0.4, -0.2) is 102 Å². The largest absolute Gasteiger partial charge is 0.447 e. The van der Waals surface area contributed by atoms with E-state index >= 15 is 0 Å². The van der Waals surface area contributed by atoms with Gasteiger partial charge in [-0.1, -0.05) is 31.2 Å². The first-order valence-electron chi connectivity index (χ1n) is 15.6. The van der Waals surface area contributed by atoms with Gasteiger partial charge in [0.1, 0.15) is 12.5 Å². The number of carbonyl (C=O) groups excluding carboxylic acids is 3. The molecule has 2 aliphatic heterocycles. The number of nitrogens with zero attached hydrogens (tertiary/aromatic N) is 5. The van der Waals surface area contributed by atoms with Crippen LogP contribution in [0.15, 0.2) is 47.2 Å². The van der Waals surface area contributed by atoms with E-state index in [0.29, 0.717) is 43.7 Å². The summed E-state index contributed by atoms with van der Waals surface area (Å²) >= 11 is 0. The Morgan fingerprint density at radius 3 is 2.55 bits per heavy atom. The number of aryl methyl sites for hydroxylation is 2. The molecule has 0 spiro atoms. The maximum absolute atomic E-state index is 13.8. The highest BCUT2D eigenvalue weighted by atomic mass is 16.3. The normalized spacial score (nSPS) is 16.6. The molecule has 11 nitrogen and oxygen atoms in total. The van der Waals surface area contributed by atoms with Crippen molar-refractivity contribution in [3.05, 3.63) is 65.6 Å². The lowest BCUT2D eigenvalue weighted by Gasteiger charge is -2.38. The third-order valence-corrected chi connectivity index (χ3v) is 8.48. The van der Waals surface area contributed by atoms with Crippen LogP contribution in [0.4, 0.5) is 5.69 Å². The molecule has 0 bridgehead atoms. The molecular weight excluding hydrogens is 558 g/mol. The van der Waals surface area contributed by atoms with E-state index in [1.54, 1.807) is 12.5 Å². The van der Waals surface area contributed by atoms with E-state index in [4.69, 9.17) is 4.42 Å². The molecule has 44 heavy (non-hydrogen) atoms. The zero-order chi connectivity index (χ0) is 30.9. The maximum Gasteiger partial charge on any atom is 0.274 e. The summed E-state index contributed by atoms with van der Waals surface area (Å²) in [7, 11) is 0. The number of aromatic nitrogens is 2. The van der Waals surface area contributed by atoms with E-state index in [1.165, 1.54) is 5.56 Å². The predicted molar refractivity (Wildman–Crippen MR) is 168 cm³/mol. The highest BCUT2D eigenvalue weighted by Crippen LogP contribution is 2.27. The molecule has 2 aromatic heterocycles. The summed E-state index contributed by atoms with van der Waals surface area (Å²) in [5.41, 5.74) is 4.43. The lowest BCUT2D eigenvalue weighted by molar-refractivity contribution is -0.115. The molecule has 4 heterocycles. The number of hydrogen-bond acceptors (Lipinski definition) is 9. The van der Waals surface area contributed by atoms with Gasteiger partial charge >= 0.3 is 0 Å². The molecule has 0 aliphatic carbocycles. The zero-order valence-corrected chi connectivity index (χ0v) is 25.8. The van der Waals surface area contributed by atoms with Gasteiger partial charge in [-0.2, -0.15) is 0 Å². The lowest BCUT2D eigenvalue weighted by atomic mass is 9.96. The molecule has 0 atom stereocenters. The number of rotatable bonds is 12. The van der Waals surface area contributed by atoms with Crippen LogP contribution >= 0.6 is 0 Å². The minimum Gasteiger partial charge on any atom is -0.447 e. The first kappa shape index (κ1) is 31.5. The summed E-state index contributed by atoms with van der Waals surface area (Å²) in [6.07, 6.45) is 7.37. The maximum atomic E-state index is 13.8. The van der Waals surface area contributed by atoms with Gasteiger partial charge in [0, 0.05) is 44.5 Å². The van der Waals surface area contributed by atoms with Gasteiger partial charge in [0.2, 0.25) is 11.8 Å². The number of pyridine rings is 1. The average Bonchev–Trinajstić information content (AvgIpc) is 3.46. The Bertz CT molecular complexity index is 1420. The summed E-state index contributed by atoms with van der Waals surface area (Å²) in [5, 5.41) is 5.99. The Kier molecular flexibility index (Phi) is 10.9. The number of anilines is 1. The van der Waals surface area contributed by atoms with Crippen LogP contribution in [0.5, 0.6) is 0 Å². The zero-order valence-electron chi connectivity index (χ0n) is 25.8. The van der Waals surface area contributed by atoms with E-state index in [2.05, 4.69) is 49.5 Å². The molecular formula is C33H43N7O4. The molecule has 0 unspecified atom stereocenters. The molecule has 5 rings (SSSR count). The number of likely N-dealkylation sites (tertiary alicyclic amines) is 1. The summed E-state index contributed by atoms with van der Waals surface area (Å²) < 4.78 is 5.35. The van der Waals surface area contributed by atoms with Gasteiger partial charge in [-0.25, -0.2) is 9.97 Å². The van der Waals surface area contributed by atoms with Crippen molar-refractivity contribution in [3.8, 4) is 11.1 Å². The van der Waals surface area contributed by atoms with Crippen LogP contribution in [0.1, 0.15) is 47.4 Å². The smallest absolute Gasteiger partial charge is 0.274 e. The molecule has 2 amide bonds. The highest BCUT2D eigenvalue weighted by molar-refractivity contribution is 6.03. The van der Waals surface area contributed by atoms with E-state index in [1.807, 2.05) is 30.0 Å². The number of piperidine rings is 1. The van der Waals surface area contributed by atoms with Gasteiger partial charge in [0.15, 0.2) is 5.69 Å². The molecule has 0 saturated carbocycles. The number of benzene rings is 1. The van der Waals surface area contributed by atoms with Crippen LogP contribution in [0.25, 0.3) is 11.1 Å². The third-order valence-electron chi connectivity index (χ3n) is 8.48. The van der Waals surface area contributed by atoms with Crippen molar-refractivity contribution in [3.63, 3.8) is 0 Å². The van der Waals surface area contributed by atoms with Gasteiger partial charge in [-0.05, 0) is 62.4 Å². The minimum atomic E-state index is -0.285. The fourth-order valence-corrected chi connectivity index (χ4v) is 5.93. The number of hydrogen-bond donors (Lipinski definition) is 2. The van der Waals surface area contributed by atoms with Crippen molar-refractivity contribution in [1.82, 2.24) is 30.0 Å². The molecule has 234 valence electrons. The lowest BCUT2D eigenvalue weighted by Crippen LogP contribution is -2.50. The summed E-state index contributed by atoms with van der Waals surface area (Å²) in [6.45, 7) is 10.6. The van der Waals surface area contributed by atoms with Crippen LogP contribution in [-0.2, 0) is 22.6 Å². The first-order chi connectivity index (χ1) is 21.4. The van der Waals surface area contributed by atoms with E-state index < -0.39 is 0 Å². The molecule has 3 aromatic rings. The minimum absolute atomic E-state index is 0.0252. The number of carbonyl (C=O) groups is 3. The van der Waals surface area contributed by atoms with Gasteiger partial charge < -0.3 is 19.4 Å². The van der Waals surface area contributed by atoms with Crippen molar-refractivity contribution in [2.45, 2.75) is 39.7 Å². The monoisotopic (exact) mass is 601 g/mol. The van der Waals surface area contributed by atoms with Crippen LogP contribution in [0.3, 0.4) is 0 Å². The van der Waals surface area contributed by atoms with Crippen LogP contribution < -0.4 is 10.6 Å². The molecule has 2 fully saturated rings. The second kappa shape index (κ2) is 15.2. The van der Waals surface area contributed by atoms with Crippen molar-refractivity contribution in [2.75, 3.05) is 64.2 Å². The van der Waals surface area contributed by atoms with Gasteiger partial charge in [-0.3, -0.25) is 24.7 Å². The number of nitrogens with one attached hydrogen (secondary N) is 2. The standard InChI is InChI=1S/C33H43N7O4/c1-3-25-5-4-6-27(17-25)28-18-29(37-30(42)20-34-21-31-36-24(2)23-44-31)32(35-19-28)33(43)40-13-11-39(12-14-40)22-26-7-9-38(10-8-26)15-16-41/h4-6,16-19,23,26,34H,3,7-15,20-22H2,1-2H3,(H,37,42). The van der Waals surface area contributed by atoms with Crippen molar-refractivity contribution < 1.29 is 18.8 Å². The second-order valence-electron chi connectivity index (χ2n) is 11.7. The fraction of sp³-hybridized carbons (Fsp3) is 0.485. The van der Waals surface area contributed by atoms with Gasteiger partial charge in [0.25, 0.3) is 5.91 Å². The number of amides is 2. The average molecular weight is 602 g/mol. The van der Waals surface area contributed by atoms with E-state index in [0.717, 1.165) is 75.1 Å². The van der Waals surface area contributed by atoms with Crippen molar-refractivity contribution in [2.24, 2.45) is 5.92 Å². The summed E-state index contributed by atoms with van der Waals surface area (Å²) in [6, 6.07) is 10.0. The first-order valence-corrected chi connectivity index (χ1v) is 15.6. The Balaban J connectivity index is 1.23. The molecule has 2 aliphatic rings. The SMILES string of the molecule is CCc1cccc(-c2cnc(C(=O)N3CCN(CC4CCN(CC=O)CC4)CC3)c(NC(=O)CNCc3nc(C)co3)c2)c1. The number of oxazole rings is 1. The van der Waals surface area contributed by atoms with Crippen molar-refractivity contribution in [1.29, 1.82) is 0 Å². The third kappa shape index (κ3) is 8.37. The van der Waals surface area contributed by atoms with E-state index in [-0.39, 0.29) is 24.1 Å². The molecule has 2 N–H and O–H groups in total. The topological polar surface area (TPSA) is 124 Å². The number of aldehydes is 1.